The Morgan fingerprint density at radius 2 is 1.20 bits per heavy atom. The summed E-state index contributed by atoms with van der Waals surface area (Å²) in [7, 11) is 0. The largest absolute Gasteiger partial charge is 0.292 e. The SMILES string of the molecule is c1ccc2cc3c(cc2c1)c1ccccc1n3-c1nc2ncccc2nc1-c1ccc2c(ccc3ccccc32)c1. The monoisotopic (exact) mass is 522 g/mol. The fraction of sp³-hybridized carbons (Fsp3) is 0. The average molecular weight is 523 g/mol. The number of aromatic nitrogens is 4. The predicted molar refractivity (Wildman–Crippen MR) is 170 cm³/mol. The van der Waals surface area contributed by atoms with Crippen molar-refractivity contribution in [3.63, 3.8) is 0 Å². The van der Waals surface area contributed by atoms with Gasteiger partial charge >= 0.3 is 0 Å². The third-order valence-corrected chi connectivity index (χ3v) is 8.19. The average Bonchev–Trinajstić information content (AvgIpc) is 3.35. The van der Waals surface area contributed by atoms with E-state index < -0.39 is 0 Å². The third kappa shape index (κ3) is 3.31. The Bertz CT molecular complexity index is 2490. The van der Waals surface area contributed by atoms with Crippen molar-refractivity contribution in [3.05, 3.63) is 134 Å². The maximum atomic E-state index is 5.20. The fourth-order valence-electron chi connectivity index (χ4n) is 6.28. The highest BCUT2D eigenvalue weighted by atomic mass is 15.1. The quantitative estimate of drug-likeness (QED) is 0.213. The summed E-state index contributed by atoms with van der Waals surface area (Å²) in [4.78, 5) is 15.0. The summed E-state index contributed by atoms with van der Waals surface area (Å²) in [6.45, 7) is 0. The molecular weight excluding hydrogens is 500 g/mol. The Morgan fingerprint density at radius 1 is 0.463 bits per heavy atom. The van der Waals surface area contributed by atoms with Gasteiger partial charge in [-0.3, -0.25) is 4.57 Å². The molecule has 0 N–H and O–H groups in total. The lowest BCUT2D eigenvalue weighted by Gasteiger charge is -2.14. The minimum absolute atomic E-state index is 0.629. The Morgan fingerprint density at radius 3 is 2.10 bits per heavy atom. The van der Waals surface area contributed by atoms with Crippen molar-refractivity contribution in [2.45, 2.75) is 0 Å². The molecule has 3 heterocycles. The molecule has 9 rings (SSSR count). The lowest BCUT2D eigenvalue weighted by atomic mass is 9.99. The summed E-state index contributed by atoms with van der Waals surface area (Å²) in [6, 6.07) is 45.1. The van der Waals surface area contributed by atoms with E-state index in [1.807, 2.05) is 12.1 Å². The fourth-order valence-corrected chi connectivity index (χ4v) is 6.28. The second-order valence-corrected chi connectivity index (χ2v) is 10.5. The van der Waals surface area contributed by atoms with Gasteiger partial charge in [0, 0.05) is 22.5 Å². The van der Waals surface area contributed by atoms with Crippen LogP contribution in [0.2, 0.25) is 0 Å². The second kappa shape index (κ2) is 8.44. The molecule has 4 nitrogen and oxygen atoms in total. The first kappa shape index (κ1) is 22.2. The molecule has 0 spiro atoms. The topological polar surface area (TPSA) is 43.6 Å². The number of rotatable bonds is 2. The van der Waals surface area contributed by atoms with E-state index in [1.165, 1.54) is 43.1 Å². The number of hydrogen-bond donors (Lipinski definition) is 0. The van der Waals surface area contributed by atoms with Crippen LogP contribution in [0.3, 0.4) is 0 Å². The zero-order valence-corrected chi connectivity index (χ0v) is 22.0. The van der Waals surface area contributed by atoms with Crippen molar-refractivity contribution < 1.29 is 0 Å². The van der Waals surface area contributed by atoms with Crippen molar-refractivity contribution in [2.24, 2.45) is 0 Å². The highest BCUT2D eigenvalue weighted by molar-refractivity contribution is 6.14. The van der Waals surface area contributed by atoms with Crippen molar-refractivity contribution in [1.29, 1.82) is 0 Å². The first-order valence-corrected chi connectivity index (χ1v) is 13.8. The second-order valence-electron chi connectivity index (χ2n) is 10.5. The Kier molecular flexibility index (Phi) is 4.58. The van der Waals surface area contributed by atoms with Crippen LogP contribution in [0.15, 0.2) is 134 Å². The van der Waals surface area contributed by atoms with Gasteiger partial charge in [-0.05, 0) is 68.7 Å². The van der Waals surface area contributed by atoms with Crippen LogP contribution in [0.5, 0.6) is 0 Å². The summed E-state index contributed by atoms with van der Waals surface area (Å²) < 4.78 is 2.26. The number of nitrogens with zero attached hydrogens (tertiary/aromatic N) is 4. The molecule has 4 heteroatoms. The number of fused-ring (bicyclic) bond motifs is 8. The van der Waals surface area contributed by atoms with Gasteiger partial charge in [-0.25, -0.2) is 15.0 Å². The molecule has 3 aromatic heterocycles. The normalized spacial score (nSPS) is 11.9. The summed E-state index contributed by atoms with van der Waals surface area (Å²) in [5, 5.41) is 9.68. The minimum atomic E-state index is 0.629. The summed E-state index contributed by atoms with van der Waals surface area (Å²) in [5.41, 5.74) is 5.45. The van der Waals surface area contributed by atoms with Crippen LogP contribution in [-0.2, 0) is 0 Å². The summed E-state index contributed by atoms with van der Waals surface area (Å²) >= 11 is 0. The Balaban J connectivity index is 1.40. The Hall–Kier alpha value is -5.61. The van der Waals surface area contributed by atoms with E-state index in [0.29, 0.717) is 5.65 Å². The molecule has 0 fully saturated rings. The number of hydrogen-bond acceptors (Lipinski definition) is 3. The molecule has 0 amide bonds. The molecule has 0 aliphatic heterocycles. The van der Waals surface area contributed by atoms with Crippen LogP contribution in [0.25, 0.3) is 82.4 Å². The van der Waals surface area contributed by atoms with Gasteiger partial charge in [-0.2, -0.15) is 0 Å². The first-order chi connectivity index (χ1) is 20.3. The van der Waals surface area contributed by atoms with Crippen LogP contribution in [0.1, 0.15) is 0 Å². The van der Waals surface area contributed by atoms with Crippen LogP contribution >= 0.6 is 0 Å². The molecule has 9 aromatic rings. The van der Waals surface area contributed by atoms with Crippen LogP contribution < -0.4 is 0 Å². The van der Waals surface area contributed by atoms with Crippen LogP contribution in [0, 0.1) is 0 Å². The van der Waals surface area contributed by atoms with Crippen molar-refractivity contribution in [1.82, 2.24) is 19.5 Å². The van der Waals surface area contributed by atoms with Gasteiger partial charge in [0.15, 0.2) is 11.5 Å². The van der Waals surface area contributed by atoms with Gasteiger partial charge in [-0.1, -0.05) is 91.0 Å². The zero-order chi connectivity index (χ0) is 26.9. The molecule has 0 bridgehead atoms. The molecule has 0 saturated heterocycles. The number of benzene rings is 6. The maximum absolute atomic E-state index is 5.20. The first-order valence-electron chi connectivity index (χ1n) is 13.8. The van der Waals surface area contributed by atoms with Gasteiger partial charge in [0.25, 0.3) is 0 Å². The van der Waals surface area contributed by atoms with Gasteiger partial charge in [0.1, 0.15) is 11.2 Å². The zero-order valence-electron chi connectivity index (χ0n) is 22.0. The molecule has 0 saturated carbocycles. The number of para-hydroxylation sites is 1. The molecule has 6 aromatic carbocycles. The van der Waals surface area contributed by atoms with Gasteiger partial charge in [-0.15, -0.1) is 0 Å². The molecular formula is C37H22N4. The lowest BCUT2D eigenvalue weighted by molar-refractivity contribution is 1.07. The van der Waals surface area contributed by atoms with E-state index in [1.54, 1.807) is 6.20 Å². The highest BCUT2D eigenvalue weighted by Crippen LogP contribution is 2.38. The smallest absolute Gasteiger partial charge is 0.180 e. The lowest BCUT2D eigenvalue weighted by Crippen LogP contribution is -2.04. The van der Waals surface area contributed by atoms with E-state index in [4.69, 9.17) is 9.97 Å². The van der Waals surface area contributed by atoms with Crippen LogP contribution in [0.4, 0.5) is 0 Å². The molecule has 41 heavy (non-hydrogen) atoms. The standard InChI is InChI=1S/C37H22N4/c1-2-10-25-22-34-31(21-24(25)9-1)30-12-5-6-14-33(30)41(34)37-35(39-32-13-7-19-38-36(32)40-37)27-17-18-29-26(20-27)16-15-23-8-3-4-11-28(23)29/h1-22H. The van der Waals surface area contributed by atoms with E-state index in [9.17, 15) is 0 Å². The van der Waals surface area contributed by atoms with Gasteiger partial charge < -0.3 is 0 Å². The van der Waals surface area contributed by atoms with Crippen LogP contribution in [-0.4, -0.2) is 19.5 Å². The molecule has 190 valence electrons. The van der Waals surface area contributed by atoms with E-state index in [2.05, 4.69) is 125 Å². The van der Waals surface area contributed by atoms with Crippen molar-refractivity contribution in [3.8, 4) is 17.1 Å². The third-order valence-electron chi connectivity index (χ3n) is 8.19. The van der Waals surface area contributed by atoms with E-state index >= 15 is 0 Å². The number of pyridine rings is 1. The molecule has 0 aliphatic carbocycles. The Labute approximate surface area is 235 Å². The predicted octanol–water partition coefficient (Wildman–Crippen LogP) is 9.25. The van der Waals surface area contributed by atoms with E-state index in [0.717, 1.165) is 33.6 Å². The van der Waals surface area contributed by atoms with Gasteiger partial charge in [0.2, 0.25) is 0 Å². The van der Waals surface area contributed by atoms with Crippen molar-refractivity contribution >= 4 is 65.3 Å². The molecule has 0 unspecified atom stereocenters. The molecule has 0 radical (unpaired) electrons. The molecule has 0 atom stereocenters. The van der Waals surface area contributed by atoms with Crippen molar-refractivity contribution in [2.75, 3.05) is 0 Å². The summed E-state index contributed by atoms with van der Waals surface area (Å²) in [5.74, 6) is 0.776. The highest BCUT2D eigenvalue weighted by Gasteiger charge is 2.20. The summed E-state index contributed by atoms with van der Waals surface area (Å²) in [6.07, 6.45) is 1.78. The van der Waals surface area contributed by atoms with E-state index in [-0.39, 0.29) is 0 Å². The maximum Gasteiger partial charge on any atom is 0.180 e. The van der Waals surface area contributed by atoms with Gasteiger partial charge in [0.05, 0.1) is 11.0 Å². The molecule has 0 aliphatic rings. The minimum Gasteiger partial charge on any atom is -0.292 e.